The summed E-state index contributed by atoms with van der Waals surface area (Å²) in [5.74, 6) is 0.189. The minimum absolute atomic E-state index is 0.0956. The van der Waals surface area contributed by atoms with Crippen LogP contribution < -0.4 is 15.0 Å². The number of rotatable bonds is 7. The summed E-state index contributed by atoms with van der Waals surface area (Å²) in [7, 11) is 0. The number of nitrogens with one attached hydrogen (secondary N) is 1. The van der Waals surface area contributed by atoms with Crippen LogP contribution in [0.2, 0.25) is 0 Å². The summed E-state index contributed by atoms with van der Waals surface area (Å²) in [5.41, 5.74) is 1.85. The molecule has 2 heterocycles. The van der Waals surface area contributed by atoms with Crippen LogP contribution in [0.25, 0.3) is 0 Å². The molecule has 0 atom stereocenters. The zero-order chi connectivity index (χ0) is 19.2. The van der Waals surface area contributed by atoms with Crippen molar-refractivity contribution in [2.45, 2.75) is 20.3 Å². The third kappa shape index (κ3) is 4.43. The predicted molar refractivity (Wildman–Crippen MR) is 101 cm³/mol. The second-order valence-electron chi connectivity index (χ2n) is 6.22. The third-order valence-electron chi connectivity index (χ3n) is 4.15. The highest BCUT2D eigenvalue weighted by Crippen LogP contribution is 2.38. The van der Waals surface area contributed by atoms with Crippen LogP contribution in [-0.2, 0) is 9.53 Å². The molecule has 3 rings (SSSR count). The van der Waals surface area contributed by atoms with Crippen LogP contribution in [0.15, 0.2) is 36.5 Å². The smallest absolute Gasteiger partial charge is 0.264 e. The summed E-state index contributed by atoms with van der Waals surface area (Å²) in [4.78, 5) is 31.1. The van der Waals surface area contributed by atoms with E-state index in [9.17, 15) is 9.59 Å². The van der Waals surface area contributed by atoms with Crippen molar-refractivity contribution >= 4 is 17.5 Å². The number of carbonyl (C=O) groups excluding carboxylic acids is 2. The minimum Gasteiger partial charge on any atom is -0.436 e. The molecule has 1 N–H and O–H groups in total. The average molecular weight is 369 g/mol. The van der Waals surface area contributed by atoms with E-state index in [-0.39, 0.29) is 24.2 Å². The fraction of sp³-hybridized carbons (Fsp3) is 0.350. The Bertz CT molecular complexity index is 838. The topological polar surface area (TPSA) is 80.8 Å². The molecule has 7 heteroatoms. The molecule has 2 aromatic rings. The van der Waals surface area contributed by atoms with Crippen molar-refractivity contribution in [3.05, 3.63) is 47.7 Å². The Morgan fingerprint density at radius 1 is 1.33 bits per heavy atom. The second-order valence-corrected chi connectivity index (χ2v) is 6.22. The summed E-state index contributed by atoms with van der Waals surface area (Å²) < 4.78 is 11.1. The Kier molecular flexibility index (Phi) is 6.03. The quantitative estimate of drug-likeness (QED) is 0.759. The van der Waals surface area contributed by atoms with E-state index in [1.165, 1.54) is 4.90 Å². The summed E-state index contributed by atoms with van der Waals surface area (Å²) in [6.45, 7) is 5.50. The Hall–Kier alpha value is -2.93. The van der Waals surface area contributed by atoms with Gasteiger partial charge < -0.3 is 14.8 Å². The van der Waals surface area contributed by atoms with Crippen molar-refractivity contribution in [2.24, 2.45) is 0 Å². The third-order valence-corrected chi connectivity index (χ3v) is 4.15. The molecule has 0 saturated carbocycles. The van der Waals surface area contributed by atoms with E-state index in [1.807, 2.05) is 26.0 Å². The lowest BCUT2D eigenvalue weighted by atomic mass is 10.1. The highest BCUT2D eigenvalue weighted by atomic mass is 16.5. The molecule has 7 nitrogen and oxygen atoms in total. The number of benzene rings is 1. The van der Waals surface area contributed by atoms with Crippen LogP contribution in [0.4, 0.5) is 5.69 Å². The first-order chi connectivity index (χ1) is 13.1. The highest BCUT2D eigenvalue weighted by Gasteiger charge is 2.30. The van der Waals surface area contributed by atoms with Gasteiger partial charge in [0.15, 0.2) is 5.75 Å². The molecule has 0 radical (unpaired) electrons. The predicted octanol–water partition coefficient (Wildman–Crippen LogP) is 2.69. The number of carbonyl (C=O) groups is 2. The normalized spacial score (nSPS) is 12.7. The average Bonchev–Trinajstić information content (AvgIpc) is 2.77. The summed E-state index contributed by atoms with van der Waals surface area (Å²) >= 11 is 0. The van der Waals surface area contributed by atoms with E-state index in [0.717, 1.165) is 12.0 Å². The molecule has 0 fully saturated rings. The first kappa shape index (κ1) is 18.8. The molecule has 142 valence electrons. The van der Waals surface area contributed by atoms with Crippen LogP contribution in [0.1, 0.15) is 29.3 Å². The van der Waals surface area contributed by atoms with Crippen LogP contribution in [0, 0.1) is 6.92 Å². The van der Waals surface area contributed by atoms with Gasteiger partial charge in [0.05, 0.1) is 5.69 Å². The molecule has 1 aliphatic rings. The maximum atomic E-state index is 13.1. The molecule has 0 unspecified atom stereocenters. The zero-order valence-corrected chi connectivity index (χ0v) is 15.5. The molecule has 0 spiro atoms. The molecule has 27 heavy (non-hydrogen) atoms. The van der Waals surface area contributed by atoms with Gasteiger partial charge in [0, 0.05) is 26.0 Å². The summed E-state index contributed by atoms with van der Waals surface area (Å²) in [6, 6.07) is 8.84. The van der Waals surface area contributed by atoms with Gasteiger partial charge in [-0.15, -0.1) is 0 Å². The number of hydrogen-bond acceptors (Lipinski definition) is 5. The number of nitrogens with zero attached hydrogens (tertiary/aromatic N) is 2. The first-order valence-electron chi connectivity index (χ1n) is 9.00. The second kappa shape index (κ2) is 8.64. The lowest BCUT2D eigenvalue weighted by Gasteiger charge is -2.22. The Morgan fingerprint density at radius 3 is 3.00 bits per heavy atom. The van der Waals surface area contributed by atoms with Crippen molar-refractivity contribution in [3.63, 3.8) is 0 Å². The van der Waals surface area contributed by atoms with Crippen LogP contribution >= 0.6 is 0 Å². The largest absolute Gasteiger partial charge is 0.436 e. The molecule has 2 amide bonds. The first-order valence-corrected chi connectivity index (χ1v) is 9.00. The number of aryl methyl sites for hydroxylation is 1. The highest BCUT2D eigenvalue weighted by molar-refractivity contribution is 6.11. The van der Waals surface area contributed by atoms with Gasteiger partial charge in [-0.1, -0.05) is 6.07 Å². The minimum atomic E-state index is -0.313. The number of anilines is 1. The number of amides is 2. The van der Waals surface area contributed by atoms with E-state index < -0.39 is 0 Å². The Labute approximate surface area is 158 Å². The van der Waals surface area contributed by atoms with Gasteiger partial charge in [0.2, 0.25) is 11.8 Å². The van der Waals surface area contributed by atoms with Crippen molar-refractivity contribution < 1.29 is 19.1 Å². The number of pyridine rings is 1. The number of ether oxygens (including phenoxy) is 2. The van der Waals surface area contributed by atoms with Crippen LogP contribution in [0.3, 0.4) is 0 Å². The molecule has 1 aromatic heterocycles. The Balaban J connectivity index is 1.81. The van der Waals surface area contributed by atoms with Gasteiger partial charge >= 0.3 is 0 Å². The lowest BCUT2D eigenvalue weighted by Crippen LogP contribution is -2.41. The van der Waals surface area contributed by atoms with E-state index >= 15 is 0 Å². The van der Waals surface area contributed by atoms with Crippen molar-refractivity contribution in [2.75, 3.05) is 31.2 Å². The Morgan fingerprint density at radius 2 is 2.19 bits per heavy atom. The van der Waals surface area contributed by atoms with Gasteiger partial charge in [0.25, 0.3) is 5.91 Å². The number of hydrogen-bond donors (Lipinski definition) is 1. The summed E-state index contributed by atoms with van der Waals surface area (Å²) in [6.07, 6.45) is 2.29. The number of fused-ring (bicyclic) bond motifs is 2. The van der Waals surface area contributed by atoms with E-state index in [4.69, 9.17) is 9.47 Å². The van der Waals surface area contributed by atoms with E-state index in [1.54, 1.807) is 24.4 Å². The molecule has 0 bridgehead atoms. The van der Waals surface area contributed by atoms with Gasteiger partial charge in [-0.3, -0.25) is 14.5 Å². The molecular formula is C20H23N3O4. The van der Waals surface area contributed by atoms with E-state index in [2.05, 4.69) is 10.3 Å². The maximum Gasteiger partial charge on any atom is 0.264 e. The molecular weight excluding hydrogens is 346 g/mol. The monoisotopic (exact) mass is 369 g/mol. The molecule has 1 aromatic carbocycles. The molecule has 0 saturated heterocycles. The molecule has 0 aliphatic carbocycles. The lowest BCUT2D eigenvalue weighted by molar-refractivity contribution is -0.119. The van der Waals surface area contributed by atoms with Gasteiger partial charge in [-0.25, -0.2) is 4.98 Å². The number of aromatic nitrogens is 1. The zero-order valence-electron chi connectivity index (χ0n) is 15.5. The van der Waals surface area contributed by atoms with Crippen molar-refractivity contribution in [1.29, 1.82) is 0 Å². The van der Waals surface area contributed by atoms with Gasteiger partial charge in [-0.2, -0.15) is 0 Å². The van der Waals surface area contributed by atoms with Crippen LogP contribution in [-0.4, -0.2) is 43.1 Å². The fourth-order valence-electron chi connectivity index (χ4n) is 2.82. The van der Waals surface area contributed by atoms with E-state index in [0.29, 0.717) is 36.8 Å². The fourth-order valence-corrected chi connectivity index (χ4v) is 2.82. The van der Waals surface area contributed by atoms with Crippen LogP contribution in [0.5, 0.6) is 11.6 Å². The summed E-state index contributed by atoms with van der Waals surface area (Å²) in [5, 5.41) is 2.83. The maximum absolute atomic E-state index is 13.1. The van der Waals surface area contributed by atoms with Crippen molar-refractivity contribution in [1.82, 2.24) is 10.3 Å². The SMILES string of the molecule is CCOCCCNC(=O)CN1C(=O)c2cccnc2Oc2ccc(C)cc21. The van der Waals surface area contributed by atoms with Crippen molar-refractivity contribution in [3.8, 4) is 11.6 Å². The van der Waals surface area contributed by atoms with Gasteiger partial charge in [-0.05, 0) is 50.1 Å². The van der Waals surface area contributed by atoms with Gasteiger partial charge in [0.1, 0.15) is 12.1 Å². The standard InChI is InChI=1S/C20H23N3O4/c1-3-26-11-5-10-21-18(24)13-23-16-12-14(2)7-8-17(16)27-19-15(20(23)25)6-4-9-22-19/h4,6-9,12H,3,5,10-11,13H2,1-2H3,(H,21,24). The molecule has 1 aliphatic heterocycles.